The summed E-state index contributed by atoms with van der Waals surface area (Å²) in [6.07, 6.45) is 0. The van der Waals surface area contributed by atoms with E-state index in [1.54, 1.807) is 18.2 Å². The van der Waals surface area contributed by atoms with Crippen molar-refractivity contribution in [1.82, 2.24) is 25.1 Å². The van der Waals surface area contributed by atoms with Gasteiger partial charge in [-0.05, 0) is 12.1 Å². The van der Waals surface area contributed by atoms with Gasteiger partial charge in [-0.3, -0.25) is 5.10 Å². The highest BCUT2D eigenvalue weighted by atomic mass is 16.3. The number of anilines is 1. The molecular formula is C9H8N6O. The minimum Gasteiger partial charge on any atom is -0.508 e. The van der Waals surface area contributed by atoms with Crippen LogP contribution in [0, 0.1) is 0 Å². The summed E-state index contributed by atoms with van der Waals surface area (Å²) in [4.78, 5) is 11.2. The van der Waals surface area contributed by atoms with Crippen LogP contribution in [0.4, 0.5) is 5.95 Å². The lowest BCUT2D eigenvalue weighted by atomic mass is 10.3. The Balaban J connectivity index is 2.18. The number of H-pyrrole nitrogens is 2. The van der Waals surface area contributed by atoms with Crippen LogP contribution in [-0.2, 0) is 0 Å². The van der Waals surface area contributed by atoms with E-state index in [4.69, 9.17) is 5.73 Å². The van der Waals surface area contributed by atoms with E-state index < -0.39 is 0 Å². The highest BCUT2D eigenvalue weighted by Crippen LogP contribution is 2.21. The first kappa shape index (κ1) is 8.72. The van der Waals surface area contributed by atoms with Crippen LogP contribution in [0.5, 0.6) is 5.75 Å². The van der Waals surface area contributed by atoms with E-state index in [0.29, 0.717) is 11.6 Å². The molecule has 0 saturated heterocycles. The van der Waals surface area contributed by atoms with Gasteiger partial charge in [-0.1, -0.05) is 0 Å². The van der Waals surface area contributed by atoms with E-state index >= 15 is 0 Å². The molecule has 0 aliphatic carbocycles. The van der Waals surface area contributed by atoms with E-state index in [1.807, 2.05) is 0 Å². The Morgan fingerprint density at radius 1 is 1.19 bits per heavy atom. The van der Waals surface area contributed by atoms with Crippen LogP contribution < -0.4 is 5.73 Å². The molecular weight excluding hydrogens is 208 g/mol. The van der Waals surface area contributed by atoms with Gasteiger partial charge < -0.3 is 15.8 Å². The maximum atomic E-state index is 9.31. The molecule has 16 heavy (non-hydrogen) atoms. The van der Waals surface area contributed by atoms with Crippen LogP contribution in [0.2, 0.25) is 0 Å². The molecule has 5 N–H and O–H groups in total. The minimum atomic E-state index is 0.165. The fraction of sp³-hybridized carbons (Fsp3) is 0. The van der Waals surface area contributed by atoms with Crippen molar-refractivity contribution >= 4 is 17.0 Å². The van der Waals surface area contributed by atoms with Crippen molar-refractivity contribution in [3.8, 4) is 17.4 Å². The summed E-state index contributed by atoms with van der Waals surface area (Å²) in [6.45, 7) is 0. The molecule has 0 aliphatic rings. The highest BCUT2D eigenvalue weighted by molar-refractivity contribution is 5.79. The Labute approximate surface area is 89.4 Å². The molecule has 0 saturated carbocycles. The monoisotopic (exact) mass is 216 g/mol. The average molecular weight is 216 g/mol. The minimum absolute atomic E-state index is 0.165. The van der Waals surface area contributed by atoms with Gasteiger partial charge >= 0.3 is 0 Å². The van der Waals surface area contributed by atoms with E-state index in [2.05, 4.69) is 25.1 Å². The molecule has 2 heterocycles. The third kappa shape index (κ3) is 1.26. The number of nitrogens with zero attached hydrogens (tertiary/aromatic N) is 3. The normalized spacial score (nSPS) is 11.0. The Hall–Kier alpha value is -2.57. The molecule has 0 aliphatic heterocycles. The zero-order valence-corrected chi connectivity index (χ0v) is 8.10. The van der Waals surface area contributed by atoms with Gasteiger partial charge in [0.05, 0.1) is 11.0 Å². The molecule has 1 aromatic carbocycles. The fourth-order valence-electron chi connectivity index (χ4n) is 1.49. The molecule has 0 amide bonds. The van der Waals surface area contributed by atoms with Crippen molar-refractivity contribution in [3.63, 3.8) is 0 Å². The molecule has 0 spiro atoms. The summed E-state index contributed by atoms with van der Waals surface area (Å²) >= 11 is 0. The predicted octanol–water partition coefficient (Wildman–Crippen LogP) is 0.636. The quantitative estimate of drug-likeness (QED) is 0.476. The van der Waals surface area contributed by atoms with Crippen molar-refractivity contribution in [2.24, 2.45) is 0 Å². The summed E-state index contributed by atoms with van der Waals surface area (Å²) in [5, 5.41) is 15.7. The second-order valence-electron chi connectivity index (χ2n) is 3.33. The standard InChI is InChI=1S/C9H8N6O/c10-9-13-8(14-15-9)7-11-5-2-1-4(16)3-6(5)12-7/h1-3,16H,(H,11,12)(H3,10,13,14,15). The van der Waals surface area contributed by atoms with Gasteiger partial charge in [-0.2, -0.15) is 4.98 Å². The number of nitrogens with one attached hydrogen (secondary N) is 2. The van der Waals surface area contributed by atoms with Gasteiger partial charge in [0, 0.05) is 6.07 Å². The van der Waals surface area contributed by atoms with Gasteiger partial charge in [0.15, 0.2) is 11.6 Å². The molecule has 0 atom stereocenters. The maximum Gasteiger partial charge on any atom is 0.239 e. The maximum absolute atomic E-state index is 9.31. The molecule has 3 rings (SSSR count). The number of nitrogen functional groups attached to an aromatic ring is 1. The number of fused-ring (bicyclic) bond motifs is 1. The number of aromatic hydroxyl groups is 1. The Morgan fingerprint density at radius 2 is 2.06 bits per heavy atom. The Bertz CT molecular complexity index is 655. The van der Waals surface area contributed by atoms with Crippen LogP contribution in [0.15, 0.2) is 18.2 Å². The third-order valence-corrected chi connectivity index (χ3v) is 2.19. The molecule has 0 fully saturated rings. The Morgan fingerprint density at radius 3 is 2.81 bits per heavy atom. The molecule has 2 aromatic heterocycles. The number of rotatable bonds is 1. The average Bonchev–Trinajstić information content (AvgIpc) is 2.83. The van der Waals surface area contributed by atoms with E-state index in [1.165, 1.54) is 0 Å². The van der Waals surface area contributed by atoms with Crippen molar-refractivity contribution in [2.75, 3.05) is 5.73 Å². The van der Waals surface area contributed by atoms with Gasteiger partial charge in [0.2, 0.25) is 5.95 Å². The first-order valence-corrected chi connectivity index (χ1v) is 4.59. The summed E-state index contributed by atoms with van der Waals surface area (Å²) in [6, 6.07) is 4.87. The third-order valence-electron chi connectivity index (χ3n) is 2.19. The summed E-state index contributed by atoms with van der Waals surface area (Å²) in [7, 11) is 0. The second kappa shape index (κ2) is 2.96. The number of phenolic OH excluding ortho intramolecular Hbond substituents is 1. The number of benzene rings is 1. The fourth-order valence-corrected chi connectivity index (χ4v) is 1.49. The van der Waals surface area contributed by atoms with Crippen molar-refractivity contribution in [1.29, 1.82) is 0 Å². The van der Waals surface area contributed by atoms with E-state index in [0.717, 1.165) is 11.0 Å². The molecule has 80 valence electrons. The van der Waals surface area contributed by atoms with Crippen LogP contribution >= 0.6 is 0 Å². The van der Waals surface area contributed by atoms with Crippen molar-refractivity contribution in [3.05, 3.63) is 18.2 Å². The number of aromatic amines is 2. The van der Waals surface area contributed by atoms with Gasteiger partial charge in [-0.15, -0.1) is 5.10 Å². The molecule has 0 radical (unpaired) electrons. The number of aromatic nitrogens is 5. The van der Waals surface area contributed by atoms with Crippen LogP contribution in [0.3, 0.4) is 0 Å². The number of hydrogen-bond acceptors (Lipinski definition) is 5. The smallest absolute Gasteiger partial charge is 0.239 e. The lowest BCUT2D eigenvalue weighted by Crippen LogP contribution is -1.86. The van der Waals surface area contributed by atoms with Crippen LogP contribution in [0.25, 0.3) is 22.7 Å². The van der Waals surface area contributed by atoms with Crippen molar-refractivity contribution in [2.45, 2.75) is 0 Å². The molecule has 0 unspecified atom stereocenters. The zero-order chi connectivity index (χ0) is 11.1. The summed E-state index contributed by atoms with van der Waals surface area (Å²) in [5.74, 6) is 1.34. The number of imidazole rings is 1. The number of hydrogen-bond donors (Lipinski definition) is 4. The van der Waals surface area contributed by atoms with Gasteiger partial charge in [0.25, 0.3) is 0 Å². The molecule has 0 bridgehead atoms. The van der Waals surface area contributed by atoms with E-state index in [9.17, 15) is 5.11 Å². The van der Waals surface area contributed by atoms with Gasteiger partial charge in [0.1, 0.15) is 5.75 Å². The van der Waals surface area contributed by atoms with E-state index in [-0.39, 0.29) is 11.7 Å². The Kier molecular flexibility index (Phi) is 1.61. The van der Waals surface area contributed by atoms with Gasteiger partial charge in [-0.25, -0.2) is 4.98 Å². The topological polar surface area (TPSA) is 117 Å². The van der Waals surface area contributed by atoms with Crippen LogP contribution in [0.1, 0.15) is 0 Å². The first-order valence-electron chi connectivity index (χ1n) is 4.59. The summed E-state index contributed by atoms with van der Waals surface area (Å²) in [5.41, 5.74) is 6.86. The highest BCUT2D eigenvalue weighted by Gasteiger charge is 2.09. The largest absolute Gasteiger partial charge is 0.508 e. The predicted molar refractivity (Wildman–Crippen MR) is 57.5 cm³/mol. The first-order chi connectivity index (χ1) is 7.72. The number of nitrogens with two attached hydrogens (primary N) is 1. The lowest BCUT2D eigenvalue weighted by molar-refractivity contribution is 0.476. The van der Waals surface area contributed by atoms with Crippen molar-refractivity contribution < 1.29 is 5.11 Å². The zero-order valence-electron chi connectivity index (χ0n) is 8.10. The SMILES string of the molecule is Nc1n[nH]c(-c2nc3ccc(O)cc3[nH]2)n1. The molecule has 3 aromatic rings. The summed E-state index contributed by atoms with van der Waals surface area (Å²) < 4.78 is 0. The lowest BCUT2D eigenvalue weighted by Gasteiger charge is -1.88. The molecule has 7 nitrogen and oxygen atoms in total. The number of phenols is 1. The van der Waals surface area contributed by atoms with Crippen LogP contribution in [-0.4, -0.2) is 30.3 Å². The molecule has 7 heteroatoms. The second-order valence-corrected chi connectivity index (χ2v) is 3.33.